The number of nitrogens with two attached hydrogens (primary N) is 1. The van der Waals surface area contributed by atoms with E-state index in [2.05, 4.69) is 16.9 Å². The Morgan fingerprint density at radius 1 is 1.10 bits per heavy atom. The first-order valence-electron chi connectivity index (χ1n) is 13.1. The molecule has 6 rings (SSSR count). The number of aromatic nitrogens is 3. The predicted molar refractivity (Wildman–Crippen MR) is 148 cm³/mol. The monoisotopic (exact) mass is 587 g/mol. The Kier molecular flexibility index (Phi) is 6.53. The molecular formula is C28H28F3N5O2S2. The first kappa shape index (κ1) is 26.9. The van der Waals surface area contributed by atoms with Gasteiger partial charge in [-0.15, -0.1) is 22.7 Å². The van der Waals surface area contributed by atoms with Crippen LogP contribution in [0.1, 0.15) is 61.9 Å². The molecule has 4 atom stereocenters. The van der Waals surface area contributed by atoms with Crippen LogP contribution in [0.4, 0.5) is 13.2 Å². The highest BCUT2D eigenvalue weighted by atomic mass is 32.1. The number of benzene rings is 1. The van der Waals surface area contributed by atoms with E-state index < -0.39 is 17.6 Å². The number of halogens is 3. The Morgan fingerprint density at radius 2 is 1.82 bits per heavy atom. The van der Waals surface area contributed by atoms with Gasteiger partial charge < -0.3 is 10.6 Å². The third-order valence-corrected chi connectivity index (χ3v) is 10.2. The summed E-state index contributed by atoms with van der Waals surface area (Å²) in [7, 11) is 0. The Balaban J connectivity index is 1.33. The Morgan fingerprint density at radius 3 is 2.50 bits per heavy atom. The fourth-order valence-electron chi connectivity index (χ4n) is 6.55. The van der Waals surface area contributed by atoms with Crippen LogP contribution in [0.5, 0.6) is 0 Å². The topological polar surface area (TPSA) is 93.6 Å². The normalized spacial score (nSPS) is 22.8. The molecule has 1 unspecified atom stereocenters. The SMILES string of the molecule is Cc1nc(C(=O)N2C[C@@H]3CC(C)C[C@@H]3[C@@H]2Cc2cn3c(C(N)=O)c(C)nc3s2)c(-c2ccc(C(F)(F)F)cc2)s1. The van der Waals surface area contributed by atoms with Gasteiger partial charge in [0.2, 0.25) is 0 Å². The molecule has 210 valence electrons. The van der Waals surface area contributed by atoms with E-state index in [9.17, 15) is 22.8 Å². The van der Waals surface area contributed by atoms with E-state index in [1.54, 1.807) is 18.2 Å². The Bertz CT molecular complexity index is 1620. The lowest BCUT2D eigenvalue weighted by Gasteiger charge is -2.28. The number of primary amides is 1. The number of carbonyl (C=O) groups excluding carboxylic acids is 2. The number of thiazole rings is 2. The molecule has 7 nitrogen and oxygen atoms in total. The molecule has 1 aliphatic carbocycles. The van der Waals surface area contributed by atoms with Crippen molar-refractivity contribution in [3.63, 3.8) is 0 Å². The van der Waals surface area contributed by atoms with Crippen molar-refractivity contribution < 1.29 is 22.8 Å². The smallest absolute Gasteiger partial charge is 0.364 e. The molecule has 2 aliphatic rings. The van der Waals surface area contributed by atoms with Gasteiger partial charge in [-0.2, -0.15) is 13.2 Å². The van der Waals surface area contributed by atoms with E-state index in [1.165, 1.54) is 34.8 Å². The standard InChI is InChI=1S/C28H28F3N5O2S2/c1-13-8-17-11-35(21(20(17)9-13)10-19-12-36-23(25(32)37)14(2)33-27(36)40-19)26(38)22-24(39-15(3)34-22)16-4-6-18(7-5-16)28(29,30)31/h4-7,12-13,17,20-21H,8-11H2,1-3H3,(H2,32,37)/t13?,17-,20-,21-/m0/s1. The van der Waals surface area contributed by atoms with Crippen molar-refractivity contribution in [2.75, 3.05) is 6.54 Å². The maximum atomic E-state index is 14.1. The zero-order valence-electron chi connectivity index (χ0n) is 22.2. The van der Waals surface area contributed by atoms with E-state index in [1.807, 2.05) is 11.1 Å². The number of amides is 2. The van der Waals surface area contributed by atoms with Crippen molar-refractivity contribution in [2.45, 2.75) is 52.3 Å². The fourth-order valence-corrected chi connectivity index (χ4v) is 8.54. The fraction of sp³-hybridized carbons (Fsp3) is 0.429. The van der Waals surface area contributed by atoms with Gasteiger partial charge in [0.25, 0.3) is 11.8 Å². The van der Waals surface area contributed by atoms with Gasteiger partial charge in [-0.05, 0) is 62.1 Å². The summed E-state index contributed by atoms with van der Waals surface area (Å²) in [6.45, 7) is 6.42. The molecule has 0 spiro atoms. The minimum atomic E-state index is -4.43. The first-order chi connectivity index (χ1) is 18.9. The molecule has 1 saturated carbocycles. The van der Waals surface area contributed by atoms with Crippen molar-refractivity contribution in [1.82, 2.24) is 19.3 Å². The number of nitrogens with zero attached hydrogens (tertiary/aromatic N) is 4. The summed E-state index contributed by atoms with van der Waals surface area (Å²) in [5.41, 5.74) is 6.64. The lowest BCUT2D eigenvalue weighted by Crippen LogP contribution is -2.40. The molecule has 12 heteroatoms. The van der Waals surface area contributed by atoms with Crippen molar-refractivity contribution in [3.8, 4) is 10.4 Å². The summed E-state index contributed by atoms with van der Waals surface area (Å²) >= 11 is 2.80. The molecule has 0 radical (unpaired) electrons. The molecule has 0 bridgehead atoms. The summed E-state index contributed by atoms with van der Waals surface area (Å²) in [6.07, 6.45) is 0.151. The number of fused-ring (bicyclic) bond motifs is 2. The van der Waals surface area contributed by atoms with Crippen molar-refractivity contribution >= 4 is 39.4 Å². The highest BCUT2D eigenvalue weighted by Crippen LogP contribution is 2.47. The van der Waals surface area contributed by atoms with Crippen molar-refractivity contribution in [2.24, 2.45) is 23.5 Å². The van der Waals surface area contributed by atoms with Gasteiger partial charge in [0.15, 0.2) is 4.96 Å². The second-order valence-electron chi connectivity index (χ2n) is 11.0. The minimum Gasteiger partial charge on any atom is -0.364 e. The lowest BCUT2D eigenvalue weighted by atomic mass is 9.91. The average Bonchev–Trinajstić information content (AvgIpc) is 3.66. The summed E-state index contributed by atoms with van der Waals surface area (Å²) in [4.78, 5) is 39.4. The van der Waals surface area contributed by atoms with Gasteiger partial charge in [0.1, 0.15) is 11.4 Å². The molecular weight excluding hydrogens is 559 g/mol. The number of likely N-dealkylation sites (tertiary alicyclic amines) is 1. The number of hydrogen-bond acceptors (Lipinski definition) is 6. The van der Waals surface area contributed by atoms with Crippen LogP contribution in [0.25, 0.3) is 15.4 Å². The van der Waals surface area contributed by atoms with Gasteiger partial charge in [-0.1, -0.05) is 19.1 Å². The van der Waals surface area contributed by atoms with Crippen LogP contribution >= 0.6 is 22.7 Å². The summed E-state index contributed by atoms with van der Waals surface area (Å²) in [5, 5.41) is 0.677. The third kappa shape index (κ3) is 4.60. The number of alkyl halides is 3. The molecule has 2 N–H and O–H groups in total. The van der Waals surface area contributed by atoms with E-state index >= 15 is 0 Å². The van der Waals surface area contributed by atoms with Crippen LogP contribution in [0.2, 0.25) is 0 Å². The zero-order chi connectivity index (χ0) is 28.5. The number of imidazole rings is 1. The van der Waals surface area contributed by atoms with E-state index in [0.717, 1.165) is 29.9 Å². The summed E-state index contributed by atoms with van der Waals surface area (Å²) in [5.74, 6) is 0.557. The predicted octanol–water partition coefficient (Wildman–Crippen LogP) is 5.98. The van der Waals surface area contributed by atoms with E-state index in [-0.39, 0.29) is 17.6 Å². The van der Waals surface area contributed by atoms with Crippen LogP contribution in [0.15, 0.2) is 30.5 Å². The van der Waals surface area contributed by atoms with Crippen LogP contribution in [-0.2, 0) is 12.6 Å². The highest BCUT2D eigenvalue weighted by Gasteiger charge is 2.48. The van der Waals surface area contributed by atoms with Gasteiger partial charge in [-0.3, -0.25) is 14.0 Å². The van der Waals surface area contributed by atoms with E-state index in [0.29, 0.717) is 62.5 Å². The van der Waals surface area contributed by atoms with Crippen LogP contribution in [-0.4, -0.2) is 43.7 Å². The van der Waals surface area contributed by atoms with Gasteiger partial charge in [0.05, 0.1) is 21.1 Å². The molecule has 1 saturated heterocycles. The Hall–Kier alpha value is -3.25. The molecule has 1 aliphatic heterocycles. The number of hydrogen-bond donors (Lipinski definition) is 1. The molecule has 40 heavy (non-hydrogen) atoms. The summed E-state index contributed by atoms with van der Waals surface area (Å²) < 4.78 is 41.1. The van der Waals surface area contributed by atoms with Gasteiger partial charge >= 0.3 is 6.18 Å². The highest BCUT2D eigenvalue weighted by molar-refractivity contribution is 7.17. The molecule has 1 aromatic carbocycles. The molecule has 3 aromatic heterocycles. The largest absolute Gasteiger partial charge is 0.416 e. The molecule has 2 fully saturated rings. The second-order valence-corrected chi connectivity index (χ2v) is 13.3. The van der Waals surface area contributed by atoms with Crippen LogP contribution < -0.4 is 5.73 Å². The minimum absolute atomic E-state index is 0.0635. The number of carbonyl (C=O) groups is 2. The van der Waals surface area contributed by atoms with Crippen molar-refractivity contribution in [3.05, 3.63) is 63.0 Å². The summed E-state index contributed by atoms with van der Waals surface area (Å²) in [6, 6.07) is 4.83. The maximum absolute atomic E-state index is 14.1. The van der Waals surface area contributed by atoms with Gasteiger partial charge in [-0.25, -0.2) is 9.97 Å². The average molecular weight is 588 g/mol. The third-order valence-electron chi connectivity index (χ3n) is 8.18. The van der Waals surface area contributed by atoms with Crippen LogP contribution in [0, 0.1) is 31.6 Å². The first-order valence-corrected chi connectivity index (χ1v) is 14.8. The zero-order valence-corrected chi connectivity index (χ0v) is 23.8. The van der Waals surface area contributed by atoms with Crippen LogP contribution in [0.3, 0.4) is 0 Å². The van der Waals surface area contributed by atoms with Gasteiger partial charge in [0, 0.05) is 30.1 Å². The maximum Gasteiger partial charge on any atom is 0.416 e. The Labute approximate surface area is 236 Å². The number of aryl methyl sites for hydroxylation is 2. The lowest BCUT2D eigenvalue weighted by molar-refractivity contribution is -0.137. The number of rotatable bonds is 5. The van der Waals surface area contributed by atoms with E-state index in [4.69, 9.17) is 5.73 Å². The molecule has 2 amide bonds. The molecule has 4 aromatic rings. The quantitative estimate of drug-likeness (QED) is 0.311. The molecule has 4 heterocycles. The second kappa shape index (κ2) is 9.69. The van der Waals surface area contributed by atoms with Crippen molar-refractivity contribution in [1.29, 1.82) is 0 Å².